The van der Waals surface area contributed by atoms with Gasteiger partial charge in [0.2, 0.25) is 0 Å². The van der Waals surface area contributed by atoms with Gasteiger partial charge in [-0.15, -0.1) is 11.8 Å². The molecule has 0 radical (unpaired) electrons. The van der Waals surface area contributed by atoms with Crippen LogP contribution in [0.5, 0.6) is 0 Å². The molecule has 0 spiro atoms. The fourth-order valence-electron chi connectivity index (χ4n) is 3.54. The van der Waals surface area contributed by atoms with Crippen molar-refractivity contribution in [3.8, 4) is 0 Å². The van der Waals surface area contributed by atoms with Crippen LogP contribution >= 0.6 is 11.8 Å². The molecule has 2 aromatic rings. The first-order valence-electron chi connectivity index (χ1n) is 9.27. The molecular formula is C20H18N6O3S. The Morgan fingerprint density at radius 1 is 1.30 bits per heavy atom. The predicted octanol–water partition coefficient (Wildman–Crippen LogP) is 1.03. The smallest absolute Gasteiger partial charge is 0.253 e. The van der Waals surface area contributed by atoms with Gasteiger partial charge in [0.1, 0.15) is 11.4 Å². The summed E-state index contributed by atoms with van der Waals surface area (Å²) in [5.74, 6) is -1.41. The van der Waals surface area contributed by atoms with E-state index in [9.17, 15) is 14.7 Å². The summed E-state index contributed by atoms with van der Waals surface area (Å²) in [6.45, 7) is 0.644. The number of hydrogen-bond donors (Lipinski definition) is 1. The topological polar surface area (TPSA) is 125 Å². The minimum absolute atomic E-state index is 0.0957. The van der Waals surface area contributed by atoms with Gasteiger partial charge in [0.15, 0.2) is 18.9 Å². The average Bonchev–Trinajstić information content (AvgIpc) is 2.77. The van der Waals surface area contributed by atoms with Crippen LogP contribution in [-0.4, -0.2) is 40.5 Å². The van der Waals surface area contributed by atoms with Crippen molar-refractivity contribution < 1.29 is 19.3 Å². The quantitative estimate of drug-likeness (QED) is 0.235. The lowest BCUT2D eigenvalue weighted by Gasteiger charge is -2.51. The number of carbonyl (C=O) groups is 2. The third-order valence-corrected chi connectivity index (χ3v) is 6.33. The third kappa shape index (κ3) is 3.83. The number of thioether (sulfide) groups is 1. The number of pyridine rings is 1. The first-order chi connectivity index (χ1) is 14.6. The Labute approximate surface area is 176 Å². The van der Waals surface area contributed by atoms with Gasteiger partial charge < -0.3 is 15.2 Å². The standard InChI is InChI=1S/C20H18N6O3S/c21-24-22-10-14-12-30-19-16(18(27)26(19)17(14)20(28)29)23-15-6-8-25(9-7-15)11-13-4-2-1-3-5-13/h1-9,16,19H,10-12H2,(H,28,29)/t16-,19-/m1/s1. The average molecular weight is 422 g/mol. The first kappa shape index (κ1) is 19.8. The maximum absolute atomic E-state index is 12.7. The molecule has 0 bridgehead atoms. The fourth-order valence-corrected chi connectivity index (χ4v) is 4.88. The van der Waals surface area contributed by atoms with Crippen LogP contribution in [0.15, 0.2) is 71.2 Å². The highest BCUT2D eigenvalue weighted by atomic mass is 32.2. The maximum Gasteiger partial charge on any atom is 0.253 e. The number of aliphatic carboxylic acids is 1. The molecule has 10 heteroatoms. The molecule has 0 unspecified atom stereocenters. The Balaban J connectivity index is 1.45. The minimum atomic E-state index is -1.43. The summed E-state index contributed by atoms with van der Waals surface area (Å²) >= 11 is 1.43. The Kier molecular flexibility index (Phi) is 5.60. The van der Waals surface area contributed by atoms with Crippen molar-refractivity contribution in [3.05, 3.63) is 82.1 Å². The van der Waals surface area contributed by atoms with Crippen molar-refractivity contribution in [2.75, 3.05) is 17.6 Å². The van der Waals surface area contributed by atoms with Gasteiger partial charge in [0.25, 0.3) is 5.91 Å². The number of carboxylic acid groups (broad SMARTS) is 1. The predicted molar refractivity (Wildman–Crippen MR) is 109 cm³/mol. The van der Waals surface area contributed by atoms with E-state index >= 15 is 0 Å². The number of amides is 1. The zero-order valence-electron chi connectivity index (χ0n) is 15.8. The van der Waals surface area contributed by atoms with Gasteiger partial charge in [-0.25, -0.2) is 4.57 Å². The number of β-lactam (4-membered cyclic amide) rings is 1. The van der Waals surface area contributed by atoms with Gasteiger partial charge in [-0.2, -0.15) is 0 Å². The van der Waals surface area contributed by atoms with Crippen molar-refractivity contribution in [1.29, 1.82) is 0 Å². The molecule has 9 nitrogen and oxygen atoms in total. The van der Waals surface area contributed by atoms with E-state index in [4.69, 9.17) is 5.53 Å². The van der Waals surface area contributed by atoms with E-state index in [0.29, 0.717) is 11.3 Å². The van der Waals surface area contributed by atoms with E-state index in [0.717, 1.165) is 12.2 Å². The molecule has 1 N–H and O–H groups in total. The first-order valence-corrected chi connectivity index (χ1v) is 10.3. The second-order valence-electron chi connectivity index (χ2n) is 6.91. The number of azide groups is 1. The van der Waals surface area contributed by atoms with Crippen LogP contribution in [0.4, 0.5) is 5.69 Å². The van der Waals surface area contributed by atoms with Gasteiger partial charge in [-0.1, -0.05) is 35.4 Å². The summed E-state index contributed by atoms with van der Waals surface area (Å²) in [5.41, 5.74) is 10.7. The van der Waals surface area contributed by atoms with Crippen LogP contribution in [0, 0.1) is 0 Å². The van der Waals surface area contributed by atoms with Crippen LogP contribution in [0.25, 0.3) is 10.4 Å². The van der Waals surface area contributed by atoms with Gasteiger partial charge in [-0.3, -0.25) is 9.69 Å². The van der Waals surface area contributed by atoms with Crippen LogP contribution in [-0.2, 0) is 16.1 Å². The Bertz CT molecular complexity index is 1050. The molecule has 0 saturated carbocycles. The van der Waals surface area contributed by atoms with Crippen LogP contribution in [0.2, 0.25) is 0 Å². The lowest BCUT2D eigenvalue weighted by molar-refractivity contribution is -0.688. The lowest BCUT2D eigenvalue weighted by atomic mass is 10.0. The Hall–Kier alpha value is -3.49. The second kappa shape index (κ2) is 8.48. The summed E-state index contributed by atoms with van der Waals surface area (Å²) in [7, 11) is 0. The molecule has 1 fully saturated rings. The second-order valence-corrected chi connectivity index (χ2v) is 8.01. The normalized spacial score (nSPS) is 20.1. The molecule has 4 rings (SSSR count). The summed E-state index contributed by atoms with van der Waals surface area (Å²) in [5, 5.41) is 17.9. The molecule has 2 aliphatic heterocycles. The summed E-state index contributed by atoms with van der Waals surface area (Å²) in [6.07, 6.45) is 3.85. The van der Waals surface area contributed by atoms with Gasteiger partial charge in [0.05, 0.1) is 18.2 Å². The zero-order valence-corrected chi connectivity index (χ0v) is 16.7. The molecule has 0 aliphatic carbocycles. The summed E-state index contributed by atoms with van der Waals surface area (Å²) in [4.78, 5) is 28.1. The molecule has 1 aromatic carbocycles. The number of aromatic nitrogens is 1. The van der Waals surface area contributed by atoms with Crippen LogP contribution in [0.1, 0.15) is 5.56 Å². The zero-order chi connectivity index (χ0) is 21.1. The van der Waals surface area contributed by atoms with E-state index in [1.807, 2.05) is 47.3 Å². The summed E-state index contributed by atoms with van der Waals surface area (Å²) < 4.78 is 2.03. The molecule has 1 amide bonds. The van der Waals surface area contributed by atoms with E-state index < -0.39 is 12.0 Å². The van der Waals surface area contributed by atoms with Gasteiger partial charge >= 0.3 is 0 Å². The molecular weight excluding hydrogens is 404 g/mol. The van der Waals surface area contributed by atoms with Crippen molar-refractivity contribution >= 4 is 29.3 Å². The Morgan fingerprint density at radius 3 is 2.70 bits per heavy atom. The number of benzene rings is 1. The molecule has 30 heavy (non-hydrogen) atoms. The number of hydrogen-bond acceptors (Lipinski definition) is 6. The highest BCUT2D eigenvalue weighted by Crippen LogP contribution is 2.41. The number of rotatable bonds is 7. The number of anilines is 1. The molecule has 2 aliphatic rings. The van der Waals surface area contributed by atoms with E-state index in [-0.39, 0.29) is 23.5 Å². The van der Waals surface area contributed by atoms with E-state index in [1.54, 1.807) is 0 Å². The largest absolute Gasteiger partial charge is 0.543 e. The number of fused-ring (bicyclic) bond motifs is 1. The molecule has 3 heterocycles. The minimum Gasteiger partial charge on any atom is -0.543 e. The Morgan fingerprint density at radius 2 is 2.03 bits per heavy atom. The van der Waals surface area contributed by atoms with Crippen LogP contribution < -0.4 is 15.0 Å². The molecule has 1 saturated heterocycles. The number of nitrogens with zero attached hydrogens (tertiary/aromatic N) is 5. The SMILES string of the molecule is [N-]=[N+]=NCC1=C(C(=O)[O-])N2C(=O)[C@@H](Nc3cc[n+](Cc4ccccc4)cc3)[C@H]2SC1. The van der Waals surface area contributed by atoms with Crippen molar-refractivity contribution in [3.63, 3.8) is 0 Å². The van der Waals surface area contributed by atoms with Gasteiger partial charge in [-0.05, 0) is 11.1 Å². The van der Waals surface area contributed by atoms with Crippen molar-refractivity contribution in [2.24, 2.45) is 5.11 Å². The van der Waals surface area contributed by atoms with E-state index in [1.165, 1.54) is 22.2 Å². The number of nitrogens with one attached hydrogen (secondary N) is 1. The highest BCUT2D eigenvalue weighted by Gasteiger charge is 2.52. The van der Waals surface area contributed by atoms with Crippen molar-refractivity contribution in [1.82, 2.24) is 4.90 Å². The number of carboxylic acids is 1. The maximum atomic E-state index is 12.7. The van der Waals surface area contributed by atoms with Crippen LogP contribution in [0.3, 0.4) is 0 Å². The monoisotopic (exact) mass is 422 g/mol. The van der Waals surface area contributed by atoms with Gasteiger partial charge in [0, 0.05) is 34.0 Å². The van der Waals surface area contributed by atoms with Crippen molar-refractivity contribution in [2.45, 2.75) is 18.0 Å². The molecule has 1 aromatic heterocycles. The molecule has 152 valence electrons. The molecule has 2 atom stereocenters. The van der Waals surface area contributed by atoms with E-state index in [2.05, 4.69) is 27.5 Å². The highest BCUT2D eigenvalue weighted by molar-refractivity contribution is 8.00. The third-order valence-electron chi connectivity index (χ3n) is 4.99. The fraction of sp³-hybridized carbons (Fsp3) is 0.250. The number of carbonyl (C=O) groups excluding carboxylic acids is 2. The lowest BCUT2D eigenvalue weighted by Crippen LogP contribution is -2.68. The summed E-state index contributed by atoms with van der Waals surface area (Å²) in [6, 6.07) is 13.3.